The zero-order chi connectivity index (χ0) is 13.9. The average Bonchev–Trinajstić information content (AvgIpc) is 3.05. The number of nitrogens with zero attached hydrogens (tertiary/aromatic N) is 2. The Labute approximate surface area is 118 Å². The Kier molecular flexibility index (Phi) is 3.56. The van der Waals surface area contributed by atoms with Crippen molar-refractivity contribution in [1.82, 2.24) is 20.1 Å². The fourth-order valence-corrected chi connectivity index (χ4v) is 2.66. The normalized spacial score (nSPS) is 11.3. The van der Waals surface area contributed by atoms with Gasteiger partial charge in [0, 0.05) is 43.6 Å². The van der Waals surface area contributed by atoms with Crippen molar-refractivity contribution in [3.63, 3.8) is 0 Å². The van der Waals surface area contributed by atoms with Gasteiger partial charge < -0.3 is 10.3 Å². The van der Waals surface area contributed by atoms with Gasteiger partial charge in [0.1, 0.15) is 0 Å². The maximum atomic E-state index is 4.47. The van der Waals surface area contributed by atoms with E-state index in [1.54, 1.807) is 0 Å². The van der Waals surface area contributed by atoms with E-state index in [1.807, 2.05) is 17.9 Å². The number of benzene rings is 1. The smallest absolute Gasteiger partial charge is 0.0666 e. The molecule has 2 N–H and O–H groups in total. The number of aromatic amines is 1. The summed E-state index contributed by atoms with van der Waals surface area (Å²) in [4.78, 5) is 3.31. The molecule has 3 aromatic rings. The average molecular weight is 268 g/mol. The lowest BCUT2D eigenvalue weighted by Crippen LogP contribution is -2.13. The van der Waals surface area contributed by atoms with E-state index in [9.17, 15) is 0 Å². The first-order valence-corrected chi connectivity index (χ1v) is 7.05. The third-order valence-corrected chi connectivity index (χ3v) is 3.63. The first-order chi connectivity index (χ1) is 9.78. The van der Waals surface area contributed by atoms with E-state index in [4.69, 9.17) is 0 Å². The van der Waals surface area contributed by atoms with Gasteiger partial charge in [-0.1, -0.05) is 25.1 Å². The predicted octanol–water partition coefficient (Wildman–Crippen LogP) is 2.75. The zero-order valence-corrected chi connectivity index (χ0v) is 12.0. The van der Waals surface area contributed by atoms with E-state index in [-0.39, 0.29) is 0 Å². The van der Waals surface area contributed by atoms with E-state index < -0.39 is 0 Å². The van der Waals surface area contributed by atoms with Gasteiger partial charge >= 0.3 is 0 Å². The van der Waals surface area contributed by atoms with Crippen LogP contribution in [-0.4, -0.2) is 14.8 Å². The molecule has 0 fully saturated rings. The number of hydrogen-bond donors (Lipinski definition) is 2. The maximum absolute atomic E-state index is 4.47. The Morgan fingerprint density at radius 2 is 2.05 bits per heavy atom. The van der Waals surface area contributed by atoms with Crippen LogP contribution in [0.2, 0.25) is 0 Å². The molecule has 0 unspecified atom stereocenters. The molecule has 0 saturated heterocycles. The molecule has 0 spiro atoms. The van der Waals surface area contributed by atoms with Crippen molar-refractivity contribution in [3.8, 4) is 0 Å². The molecule has 4 nitrogen and oxygen atoms in total. The third-order valence-electron chi connectivity index (χ3n) is 3.63. The van der Waals surface area contributed by atoms with E-state index >= 15 is 0 Å². The van der Waals surface area contributed by atoms with Crippen molar-refractivity contribution >= 4 is 10.9 Å². The number of para-hydroxylation sites is 1. The minimum absolute atomic E-state index is 0.855. The first-order valence-electron chi connectivity index (χ1n) is 7.05. The van der Waals surface area contributed by atoms with Gasteiger partial charge in [0.25, 0.3) is 0 Å². The van der Waals surface area contributed by atoms with Gasteiger partial charge in [0.2, 0.25) is 0 Å². The zero-order valence-electron chi connectivity index (χ0n) is 12.0. The summed E-state index contributed by atoms with van der Waals surface area (Å²) in [6.45, 7) is 3.86. The Morgan fingerprint density at radius 3 is 2.90 bits per heavy atom. The molecule has 4 heteroatoms. The van der Waals surface area contributed by atoms with Crippen LogP contribution in [-0.2, 0) is 26.6 Å². The third kappa shape index (κ3) is 2.47. The minimum atomic E-state index is 0.855. The molecule has 20 heavy (non-hydrogen) atoms. The number of nitrogens with one attached hydrogen (secondary N) is 2. The van der Waals surface area contributed by atoms with Crippen molar-refractivity contribution in [3.05, 3.63) is 53.5 Å². The largest absolute Gasteiger partial charge is 0.361 e. The summed E-state index contributed by atoms with van der Waals surface area (Å²) in [5.74, 6) is 0. The maximum Gasteiger partial charge on any atom is 0.0666 e. The summed E-state index contributed by atoms with van der Waals surface area (Å²) >= 11 is 0. The molecule has 0 atom stereocenters. The second kappa shape index (κ2) is 5.51. The van der Waals surface area contributed by atoms with Crippen molar-refractivity contribution in [1.29, 1.82) is 0 Å². The summed E-state index contributed by atoms with van der Waals surface area (Å²) < 4.78 is 1.89. The standard InChI is InChI=1S/C16H20N4/c1-3-15-14(11-20(2)19-15)10-17-9-13-6-4-5-12-7-8-18-16(12)13/h4-8,11,17-18H,3,9-10H2,1-2H3. The SMILES string of the molecule is CCc1nn(C)cc1CNCc1cccc2cc[nH]c12. The van der Waals surface area contributed by atoms with Gasteiger partial charge in [-0.2, -0.15) is 5.10 Å². The van der Waals surface area contributed by atoms with Crippen molar-refractivity contribution in [2.45, 2.75) is 26.4 Å². The van der Waals surface area contributed by atoms with Crippen LogP contribution in [0, 0.1) is 0 Å². The molecule has 1 aromatic carbocycles. The number of rotatable bonds is 5. The van der Waals surface area contributed by atoms with Crippen LogP contribution < -0.4 is 5.32 Å². The van der Waals surface area contributed by atoms with Gasteiger partial charge in [-0.25, -0.2) is 0 Å². The lowest BCUT2D eigenvalue weighted by atomic mass is 10.1. The highest BCUT2D eigenvalue weighted by Gasteiger charge is 2.06. The number of hydrogen-bond acceptors (Lipinski definition) is 2. The molecular weight excluding hydrogens is 248 g/mol. The minimum Gasteiger partial charge on any atom is -0.361 e. The molecule has 0 bridgehead atoms. The Bertz CT molecular complexity index is 708. The van der Waals surface area contributed by atoms with Gasteiger partial charge in [-0.05, 0) is 23.4 Å². The van der Waals surface area contributed by atoms with Gasteiger partial charge in [0.15, 0.2) is 0 Å². The molecule has 2 aromatic heterocycles. The second-order valence-electron chi connectivity index (χ2n) is 5.09. The summed E-state index contributed by atoms with van der Waals surface area (Å²) in [6.07, 6.45) is 5.07. The van der Waals surface area contributed by atoms with Gasteiger partial charge in [0.05, 0.1) is 5.69 Å². The van der Waals surface area contributed by atoms with Crippen LogP contribution in [0.1, 0.15) is 23.7 Å². The number of aryl methyl sites for hydroxylation is 2. The van der Waals surface area contributed by atoms with Crippen molar-refractivity contribution < 1.29 is 0 Å². The van der Waals surface area contributed by atoms with Crippen LogP contribution in [0.15, 0.2) is 36.7 Å². The van der Waals surface area contributed by atoms with Crippen LogP contribution in [0.5, 0.6) is 0 Å². The van der Waals surface area contributed by atoms with Gasteiger partial charge in [-0.3, -0.25) is 4.68 Å². The quantitative estimate of drug-likeness (QED) is 0.747. The van der Waals surface area contributed by atoms with Crippen LogP contribution in [0.3, 0.4) is 0 Å². The summed E-state index contributed by atoms with van der Waals surface area (Å²) in [7, 11) is 1.97. The van der Waals surface area contributed by atoms with E-state index in [1.165, 1.54) is 27.7 Å². The number of H-pyrrole nitrogens is 1. The summed E-state index contributed by atoms with van der Waals surface area (Å²) in [5, 5.41) is 9.25. The van der Waals surface area contributed by atoms with E-state index in [2.05, 4.69) is 52.8 Å². The lowest BCUT2D eigenvalue weighted by Gasteiger charge is -2.06. The molecule has 0 aliphatic rings. The summed E-state index contributed by atoms with van der Waals surface area (Å²) in [6, 6.07) is 8.51. The van der Waals surface area contributed by atoms with Crippen LogP contribution >= 0.6 is 0 Å². The molecule has 3 rings (SSSR count). The number of fused-ring (bicyclic) bond motifs is 1. The summed E-state index contributed by atoms with van der Waals surface area (Å²) in [5.41, 5.74) is 4.99. The second-order valence-corrected chi connectivity index (χ2v) is 5.09. The molecule has 2 heterocycles. The molecule has 0 amide bonds. The highest BCUT2D eigenvalue weighted by molar-refractivity contribution is 5.82. The molecule has 0 saturated carbocycles. The van der Waals surface area contributed by atoms with Crippen molar-refractivity contribution in [2.75, 3.05) is 0 Å². The Morgan fingerprint density at radius 1 is 1.20 bits per heavy atom. The van der Waals surface area contributed by atoms with Crippen LogP contribution in [0.25, 0.3) is 10.9 Å². The fourth-order valence-electron chi connectivity index (χ4n) is 2.66. The Hall–Kier alpha value is -2.07. The fraction of sp³-hybridized carbons (Fsp3) is 0.312. The first kappa shape index (κ1) is 12.9. The van der Waals surface area contributed by atoms with Crippen molar-refractivity contribution in [2.24, 2.45) is 7.05 Å². The lowest BCUT2D eigenvalue weighted by molar-refractivity contribution is 0.690. The molecule has 104 valence electrons. The Balaban J connectivity index is 1.69. The predicted molar refractivity (Wildman–Crippen MR) is 81.4 cm³/mol. The molecule has 0 aliphatic carbocycles. The molecular formula is C16H20N4. The topological polar surface area (TPSA) is 45.6 Å². The van der Waals surface area contributed by atoms with E-state index in [0.717, 1.165) is 19.5 Å². The molecule has 0 radical (unpaired) electrons. The highest BCUT2D eigenvalue weighted by Crippen LogP contribution is 2.17. The van der Waals surface area contributed by atoms with E-state index in [0.29, 0.717) is 0 Å². The number of aromatic nitrogens is 3. The highest BCUT2D eigenvalue weighted by atomic mass is 15.3. The molecule has 0 aliphatic heterocycles. The van der Waals surface area contributed by atoms with Crippen LogP contribution in [0.4, 0.5) is 0 Å². The van der Waals surface area contributed by atoms with Gasteiger partial charge in [-0.15, -0.1) is 0 Å². The monoisotopic (exact) mass is 268 g/mol.